The van der Waals surface area contributed by atoms with Crippen molar-refractivity contribution in [3.8, 4) is 0 Å². The van der Waals surface area contributed by atoms with E-state index in [0.717, 1.165) is 0 Å². The molecule has 0 unspecified atom stereocenters. The Labute approximate surface area is 185 Å². The van der Waals surface area contributed by atoms with Crippen LogP contribution in [0.5, 0.6) is 0 Å². The topological polar surface area (TPSA) is 12.0 Å². The zero-order valence-corrected chi connectivity index (χ0v) is 23.6. The van der Waals surface area contributed by atoms with Crippen LogP contribution < -0.4 is 5.32 Å². The molecule has 0 aliphatic rings. The van der Waals surface area contributed by atoms with E-state index in [1.165, 1.54) is 0 Å². The summed E-state index contributed by atoms with van der Waals surface area (Å²) in [6, 6.07) is 0. The average molecular weight is 890 g/mol. The van der Waals surface area contributed by atoms with Crippen molar-refractivity contribution >= 4 is 159 Å². The number of hydrogen-bond acceptors (Lipinski definition) is 1. The maximum Gasteiger partial charge on any atom is 0.161 e. The van der Waals surface area contributed by atoms with Crippen LogP contribution in [0.3, 0.4) is 0 Å². The summed E-state index contributed by atoms with van der Waals surface area (Å²) in [6.45, 7) is 1.30. The minimum atomic E-state index is -0.456. The first-order chi connectivity index (χ1) is 7.21. The number of halogens is 10. The Morgan fingerprint density at radius 1 is 0.529 bits per heavy atom. The van der Waals surface area contributed by atoms with Crippen molar-refractivity contribution in [2.24, 2.45) is 0 Å². The van der Waals surface area contributed by atoms with Crippen LogP contribution in [0.4, 0.5) is 0 Å². The van der Waals surface area contributed by atoms with E-state index in [4.69, 9.17) is 0 Å². The predicted molar refractivity (Wildman–Crippen MR) is 113 cm³/mol. The van der Waals surface area contributed by atoms with Crippen molar-refractivity contribution in [1.82, 2.24) is 5.32 Å². The van der Waals surface area contributed by atoms with Gasteiger partial charge in [-0.25, -0.2) is 0 Å². The highest BCUT2D eigenvalue weighted by atomic mass is 80.0. The van der Waals surface area contributed by atoms with Crippen molar-refractivity contribution in [2.75, 3.05) is 13.1 Å². The van der Waals surface area contributed by atoms with Crippen molar-refractivity contribution in [3.05, 3.63) is 0 Å². The van der Waals surface area contributed by atoms with E-state index in [2.05, 4.69) is 165 Å². The van der Waals surface area contributed by atoms with Gasteiger partial charge in [-0.3, -0.25) is 0 Å². The molecule has 0 bridgehead atoms. The van der Waals surface area contributed by atoms with E-state index >= 15 is 0 Å². The van der Waals surface area contributed by atoms with Crippen molar-refractivity contribution in [2.45, 2.75) is 10.8 Å². The number of nitrogens with one attached hydrogen (secondary N) is 1. The van der Waals surface area contributed by atoms with Gasteiger partial charge in [0, 0.05) is 13.1 Å². The van der Waals surface area contributed by atoms with E-state index in [1.807, 2.05) is 0 Å². The second-order valence-electron chi connectivity index (χ2n) is 3.01. The van der Waals surface area contributed by atoms with Crippen LogP contribution in [0.15, 0.2) is 0 Å². The fraction of sp³-hybridized carbons (Fsp3) is 1.00. The van der Waals surface area contributed by atoms with Crippen LogP contribution in [0, 0.1) is 0 Å². The molecule has 0 rings (SSSR count). The summed E-state index contributed by atoms with van der Waals surface area (Å²) in [5, 5.41) is 3.31. The number of hydrogen-bond donors (Lipinski definition) is 1. The molecule has 0 aliphatic heterocycles. The molecule has 11 heteroatoms. The summed E-state index contributed by atoms with van der Waals surface area (Å²) in [6.07, 6.45) is 0. The zero-order valence-electron chi connectivity index (χ0n) is 7.69. The molecule has 0 aromatic heterocycles. The molecule has 0 atom stereocenters. The predicted octanol–water partition coefficient (Wildman–Crippen LogP) is 7.23. The van der Waals surface area contributed by atoms with E-state index < -0.39 is 10.8 Å². The lowest BCUT2D eigenvalue weighted by Gasteiger charge is -2.33. The third kappa shape index (κ3) is 7.72. The summed E-state index contributed by atoms with van der Waals surface area (Å²) < 4.78 is -1.70. The van der Waals surface area contributed by atoms with Crippen LogP contribution in [0.2, 0.25) is 0 Å². The van der Waals surface area contributed by atoms with E-state index in [1.54, 1.807) is 0 Å². The van der Waals surface area contributed by atoms with Crippen molar-refractivity contribution in [3.63, 3.8) is 0 Å². The molecule has 0 aromatic rings. The largest absolute Gasteiger partial charge is 0.312 e. The Balaban J connectivity index is 4.36. The standard InChI is InChI=1S/C6H5Br10N/c7-3(8,5(11,12)13)1-17-2-4(9,10)6(14,15)16/h17H,1-2H2. The first-order valence-corrected chi connectivity index (χ1v) is 11.7. The second-order valence-corrected chi connectivity index (χ2v) is 24.1. The zero-order chi connectivity index (χ0) is 14.1. The highest BCUT2D eigenvalue weighted by Crippen LogP contribution is 2.54. The minimum Gasteiger partial charge on any atom is -0.312 e. The van der Waals surface area contributed by atoms with Crippen LogP contribution in [-0.2, 0) is 0 Å². The fourth-order valence-electron chi connectivity index (χ4n) is 0.577. The van der Waals surface area contributed by atoms with Gasteiger partial charge in [0.2, 0.25) is 0 Å². The minimum absolute atomic E-state index is 0.392. The Hall–Kier alpha value is 4.76. The van der Waals surface area contributed by atoms with Gasteiger partial charge in [0.05, 0.1) is 0 Å². The second kappa shape index (κ2) is 8.04. The van der Waals surface area contributed by atoms with Gasteiger partial charge in [-0.05, 0) is 0 Å². The molecular weight excluding hydrogens is 885 g/mol. The molecule has 104 valence electrons. The quantitative estimate of drug-likeness (QED) is 0.295. The van der Waals surface area contributed by atoms with Crippen molar-refractivity contribution in [1.29, 1.82) is 0 Å². The van der Waals surface area contributed by atoms with Gasteiger partial charge in [-0.1, -0.05) is 159 Å². The molecule has 0 aromatic carbocycles. The summed E-state index contributed by atoms with van der Waals surface area (Å²) in [4.78, 5) is 0. The highest BCUT2D eigenvalue weighted by molar-refractivity contribution is 9.42. The normalized spacial score (nSPS) is 15.2. The van der Waals surface area contributed by atoms with Gasteiger partial charge >= 0.3 is 0 Å². The lowest BCUT2D eigenvalue weighted by Crippen LogP contribution is -2.46. The Morgan fingerprint density at radius 2 is 0.765 bits per heavy atom. The Bertz CT molecular complexity index is 225. The summed E-state index contributed by atoms with van der Waals surface area (Å²) in [5.74, 6) is 0. The Kier molecular flexibility index (Phi) is 10.3. The smallest absolute Gasteiger partial charge is 0.161 e. The molecule has 0 saturated carbocycles. The molecule has 1 N–H and O–H groups in total. The molecule has 0 saturated heterocycles. The summed E-state index contributed by atoms with van der Waals surface area (Å²) in [7, 11) is 0. The van der Waals surface area contributed by atoms with Crippen LogP contribution >= 0.6 is 159 Å². The van der Waals surface area contributed by atoms with Crippen LogP contribution in [0.25, 0.3) is 0 Å². The molecule has 0 fully saturated rings. The van der Waals surface area contributed by atoms with Gasteiger partial charge in [-0.2, -0.15) is 0 Å². The van der Waals surface area contributed by atoms with Gasteiger partial charge in [0.15, 0.2) is 4.29 Å². The van der Waals surface area contributed by atoms with E-state index in [0.29, 0.717) is 13.1 Å². The first-order valence-electron chi connectivity index (χ1n) is 3.80. The van der Waals surface area contributed by atoms with Gasteiger partial charge in [0.1, 0.15) is 6.47 Å². The monoisotopic (exact) mass is 880 g/mol. The molecular formula is C6H5Br10N. The third-order valence-corrected chi connectivity index (χ3v) is 15.5. The summed E-state index contributed by atoms with van der Waals surface area (Å²) >= 11 is 35.1. The molecule has 0 heterocycles. The van der Waals surface area contributed by atoms with Gasteiger partial charge in [0.25, 0.3) is 0 Å². The number of alkyl halides is 10. The molecule has 0 amide bonds. The highest BCUT2D eigenvalue weighted by Gasteiger charge is 2.45. The summed E-state index contributed by atoms with van der Waals surface area (Å²) in [5.41, 5.74) is 0. The van der Waals surface area contributed by atoms with Crippen molar-refractivity contribution < 1.29 is 0 Å². The molecule has 17 heavy (non-hydrogen) atoms. The molecule has 0 radical (unpaired) electrons. The molecule has 0 aliphatic carbocycles. The van der Waals surface area contributed by atoms with E-state index in [9.17, 15) is 0 Å². The first kappa shape index (κ1) is 21.8. The van der Waals surface area contributed by atoms with Gasteiger partial charge in [-0.15, -0.1) is 0 Å². The number of rotatable bonds is 4. The SMILES string of the molecule is BrC(Br)(Br)C(Br)(Br)CNCC(Br)(Br)C(Br)(Br)Br. The average Bonchev–Trinajstić information content (AvgIpc) is 1.98. The molecule has 0 spiro atoms. The van der Waals surface area contributed by atoms with Gasteiger partial charge < -0.3 is 5.32 Å². The van der Waals surface area contributed by atoms with Crippen LogP contribution in [-0.4, -0.2) is 23.8 Å². The molecule has 1 nitrogen and oxygen atoms in total. The lowest BCUT2D eigenvalue weighted by atomic mass is 10.4. The third-order valence-electron chi connectivity index (χ3n) is 1.52. The lowest BCUT2D eigenvalue weighted by molar-refractivity contribution is 0.649. The van der Waals surface area contributed by atoms with E-state index in [-0.39, 0.29) is 0 Å². The van der Waals surface area contributed by atoms with Crippen LogP contribution in [0.1, 0.15) is 0 Å². The Morgan fingerprint density at radius 3 is 0.941 bits per heavy atom. The maximum atomic E-state index is 3.57. The maximum absolute atomic E-state index is 3.57. The fourth-order valence-corrected chi connectivity index (χ4v) is 2.21.